The second-order valence-corrected chi connectivity index (χ2v) is 5.44. The number of aliphatic hydroxyl groups is 1. The number of anilines is 1. The zero-order chi connectivity index (χ0) is 14.1. The molecule has 2 aromatic heterocycles. The zero-order valence-corrected chi connectivity index (χ0v) is 12.0. The molecule has 2 unspecified atom stereocenters. The molecule has 0 spiro atoms. The van der Waals surface area contributed by atoms with E-state index in [1.54, 1.807) is 12.1 Å². The van der Waals surface area contributed by atoms with Gasteiger partial charge in [-0.1, -0.05) is 18.5 Å². The van der Waals surface area contributed by atoms with Gasteiger partial charge in [-0.3, -0.25) is 4.90 Å². The lowest BCUT2D eigenvalue weighted by Gasteiger charge is -2.34. The van der Waals surface area contributed by atoms with Crippen molar-refractivity contribution in [3.05, 3.63) is 17.3 Å². The van der Waals surface area contributed by atoms with Crippen LogP contribution in [0.3, 0.4) is 0 Å². The normalized spacial score (nSPS) is 24.1. The van der Waals surface area contributed by atoms with Crippen LogP contribution in [0.5, 0.6) is 0 Å². The number of hydrogen-bond donors (Lipinski definition) is 2. The number of piperidine rings is 1. The summed E-state index contributed by atoms with van der Waals surface area (Å²) in [5.41, 5.74) is 1.09. The lowest BCUT2D eigenvalue weighted by Crippen LogP contribution is -2.48. The van der Waals surface area contributed by atoms with E-state index < -0.39 is 0 Å². The van der Waals surface area contributed by atoms with Crippen molar-refractivity contribution < 1.29 is 9.52 Å². The maximum Gasteiger partial charge on any atom is 0.297 e. The van der Waals surface area contributed by atoms with E-state index in [0.29, 0.717) is 28.8 Å². The van der Waals surface area contributed by atoms with Gasteiger partial charge in [0.1, 0.15) is 5.15 Å². The van der Waals surface area contributed by atoms with E-state index in [0.717, 1.165) is 19.6 Å². The Balaban J connectivity index is 1.75. The topological polar surface area (TPSA) is 74.4 Å². The predicted molar refractivity (Wildman–Crippen MR) is 77.0 cm³/mol. The largest absolute Gasteiger partial charge is 0.422 e. The quantitative estimate of drug-likeness (QED) is 0.841. The molecule has 3 heterocycles. The smallest absolute Gasteiger partial charge is 0.297 e. The van der Waals surface area contributed by atoms with Crippen molar-refractivity contribution in [2.45, 2.75) is 25.5 Å². The highest BCUT2D eigenvalue weighted by Crippen LogP contribution is 2.21. The summed E-state index contributed by atoms with van der Waals surface area (Å²) in [6.07, 6.45) is 0.363. The van der Waals surface area contributed by atoms with Crippen LogP contribution in [-0.2, 0) is 0 Å². The molecular formula is C13H17ClN4O2. The van der Waals surface area contributed by atoms with Gasteiger partial charge < -0.3 is 14.8 Å². The Bertz CT molecular complexity index is 603. The number of nitrogens with zero attached hydrogens (tertiary/aromatic N) is 3. The maximum atomic E-state index is 9.87. The number of likely N-dealkylation sites (tertiary alicyclic amines) is 1. The van der Waals surface area contributed by atoms with Crippen molar-refractivity contribution in [3.63, 3.8) is 0 Å². The lowest BCUT2D eigenvalue weighted by atomic mass is 10.0. The van der Waals surface area contributed by atoms with Gasteiger partial charge in [-0.15, -0.1) is 0 Å². The summed E-state index contributed by atoms with van der Waals surface area (Å²) in [5, 5.41) is 13.5. The Morgan fingerprint density at radius 2 is 2.30 bits per heavy atom. The third-order valence-electron chi connectivity index (χ3n) is 3.50. The van der Waals surface area contributed by atoms with Crippen molar-refractivity contribution in [2.75, 3.05) is 25.0 Å². The van der Waals surface area contributed by atoms with Crippen LogP contribution in [0.2, 0.25) is 5.15 Å². The molecule has 0 saturated carbocycles. The molecule has 0 aromatic carbocycles. The SMILES string of the molecule is CCN1CC(O)CC(Nc2nc3nc(Cl)ccc3o2)C1. The van der Waals surface area contributed by atoms with Gasteiger partial charge in [0.05, 0.1) is 6.10 Å². The van der Waals surface area contributed by atoms with Crippen LogP contribution in [0.4, 0.5) is 6.01 Å². The van der Waals surface area contributed by atoms with Crippen LogP contribution in [0.1, 0.15) is 13.3 Å². The Morgan fingerprint density at radius 1 is 1.45 bits per heavy atom. The van der Waals surface area contributed by atoms with Crippen LogP contribution in [0.15, 0.2) is 16.5 Å². The van der Waals surface area contributed by atoms with Crippen molar-refractivity contribution in [1.82, 2.24) is 14.9 Å². The number of fused-ring (bicyclic) bond motifs is 1. The lowest BCUT2D eigenvalue weighted by molar-refractivity contribution is 0.0667. The first-order chi connectivity index (χ1) is 9.64. The first-order valence-corrected chi connectivity index (χ1v) is 7.12. The van der Waals surface area contributed by atoms with Gasteiger partial charge >= 0.3 is 0 Å². The molecule has 0 amide bonds. The Labute approximate surface area is 121 Å². The van der Waals surface area contributed by atoms with E-state index in [1.165, 1.54) is 0 Å². The molecule has 2 aromatic rings. The average molecular weight is 297 g/mol. The fraction of sp³-hybridized carbons (Fsp3) is 0.538. The summed E-state index contributed by atoms with van der Waals surface area (Å²) in [5.74, 6) is 0. The van der Waals surface area contributed by atoms with Gasteiger partial charge in [-0.2, -0.15) is 4.98 Å². The number of nitrogens with one attached hydrogen (secondary N) is 1. The van der Waals surface area contributed by atoms with Gasteiger partial charge in [0.15, 0.2) is 5.58 Å². The molecule has 1 aliphatic rings. The molecule has 0 radical (unpaired) electrons. The molecule has 1 fully saturated rings. The van der Waals surface area contributed by atoms with Crippen LogP contribution in [0, 0.1) is 0 Å². The van der Waals surface area contributed by atoms with Gasteiger partial charge in [-0.25, -0.2) is 4.98 Å². The fourth-order valence-electron chi connectivity index (χ4n) is 2.56. The van der Waals surface area contributed by atoms with Crippen LogP contribution >= 0.6 is 11.6 Å². The predicted octanol–water partition coefficient (Wildman–Crippen LogP) is 1.74. The number of oxazole rings is 1. The summed E-state index contributed by atoms with van der Waals surface area (Å²) in [6.45, 7) is 4.58. The van der Waals surface area contributed by atoms with Crippen molar-refractivity contribution in [2.24, 2.45) is 0 Å². The molecule has 108 valence electrons. The highest BCUT2D eigenvalue weighted by molar-refractivity contribution is 6.29. The maximum absolute atomic E-state index is 9.87. The van der Waals surface area contributed by atoms with E-state index in [-0.39, 0.29) is 12.1 Å². The van der Waals surface area contributed by atoms with E-state index in [2.05, 4.69) is 27.1 Å². The molecule has 7 heteroatoms. The van der Waals surface area contributed by atoms with Crippen molar-refractivity contribution in [3.8, 4) is 0 Å². The summed E-state index contributed by atoms with van der Waals surface area (Å²) in [4.78, 5) is 10.6. The third kappa shape index (κ3) is 2.87. The van der Waals surface area contributed by atoms with Gasteiger partial charge in [0.25, 0.3) is 6.01 Å². The molecule has 3 rings (SSSR count). The number of likely N-dealkylation sites (N-methyl/N-ethyl adjacent to an activating group) is 1. The number of rotatable bonds is 3. The fourth-order valence-corrected chi connectivity index (χ4v) is 2.70. The molecule has 2 atom stereocenters. The molecule has 2 N–H and O–H groups in total. The van der Waals surface area contributed by atoms with Crippen molar-refractivity contribution in [1.29, 1.82) is 0 Å². The molecule has 1 saturated heterocycles. The summed E-state index contributed by atoms with van der Waals surface area (Å²) >= 11 is 5.82. The molecule has 1 aliphatic heterocycles. The number of β-amino-alcohol motifs (C(OH)–C–C–N with tert-alkyl or cyclic N) is 1. The second-order valence-electron chi connectivity index (χ2n) is 5.06. The Kier molecular flexibility index (Phi) is 3.78. The molecule has 0 bridgehead atoms. The number of hydrogen-bond acceptors (Lipinski definition) is 6. The van der Waals surface area contributed by atoms with Crippen molar-refractivity contribution >= 4 is 28.8 Å². The highest BCUT2D eigenvalue weighted by atomic mass is 35.5. The summed E-state index contributed by atoms with van der Waals surface area (Å²) in [6, 6.07) is 3.95. The molecular weight excluding hydrogens is 280 g/mol. The van der Waals surface area contributed by atoms with E-state index in [9.17, 15) is 5.11 Å². The first-order valence-electron chi connectivity index (χ1n) is 6.74. The van der Waals surface area contributed by atoms with E-state index >= 15 is 0 Å². The average Bonchev–Trinajstić information content (AvgIpc) is 2.79. The zero-order valence-electron chi connectivity index (χ0n) is 11.2. The molecule has 6 nitrogen and oxygen atoms in total. The van der Waals surface area contributed by atoms with Crippen LogP contribution in [-0.4, -0.2) is 51.8 Å². The standard InChI is InChI=1S/C13H17ClN4O2/c1-2-18-6-8(5-9(19)7-18)15-13-17-12-10(20-13)3-4-11(14)16-12/h3-4,8-9,19H,2,5-7H2,1H3,(H,15,16,17). The second kappa shape index (κ2) is 5.55. The van der Waals surface area contributed by atoms with Crippen LogP contribution in [0.25, 0.3) is 11.2 Å². The number of halogens is 1. The van der Waals surface area contributed by atoms with E-state index in [4.69, 9.17) is 16.0 Å². The monoisotopic (exact) mass is 296 g/mol. The Hall–Kier alpha value is -1.37. The summed E-state index contributed by atoms with van der Waals surface area (Å²) in [7, 11) is 0. The number of pyridine rings is 1. The van der Waals surface area contributed by atoms with Gasteiger partial charge in [0, 0.05) is 19.1 Å². The minimum absolute atomic E-state index is 0.113. The third-order valence-corrected chi connectivity index (χ3v) is 3.71. The molecule has 20 heavy (non-hydrogen) atoms. The van der Waals surface area contributed by atoms with Gasteiger partial charge in [0.2, 0.25) is 5.65 Å². The summed E-state index contributed by atoms with van der Waals surface area (Å²) < 4.78 is 5.59. The minimum atomic E-state index is -0.321. The highest BCUT2D eigenvalue weighted by Gasteiger charge is 2.26. The number of aliphatic hydroxyl groups excluding tert-OH is 1. The minimum Gasteiger partial charge on any atom is -0.422 e. The number of aromatic nitrogens is 2. The van der Waals surface area contributed by atoms with Crippen LogP contribution < -0.4 is 5.32 Å². The Morgan fingerprint density at radius 3 is 3.10 bits per heavy atom. The molecule has 0 aliphatic carbocycles. The van der Waals surface area contributed by atoms with E-state index in [1.807, 2.05) is 0 Å². The first kappa shape index (κ1) is 13.6. The van der Waals surface area contributed by atoms with Gasteiger partial charge in [-0.05, 0) is 25.1 Å².